The van der Waals surface area contributed by atoms with Crippen molar-refractivity contribution in [1.29, 1.82) is 0 Å². The zero-order valence-corrected chi connectivity index (χ0v) is 18.1. The molecular formula is C21H23N7O2S. The maximum absolute atomic E-state index is 12.4. The molecule has 10 heteroatoms. The molecule has 0 fully saturated rings. The Bertz CT molecular complexity index is 1400. The third-order valence-corrected chi connectivity index (χ3v) is 7.84. The molecule has 0 saturated carbocycles. The van der Waals surface area contributed by atoms with E-state index in [9.17, 15) is 8.42 Å². The number of H-pyrrole nitrogens is 2. The first-order valence-corrected chi connectivity index (χ1v) is 11.6. The number of anilines is 2. The third kappa shape index (κ3) is 3.57. The second-order valence-electron chi connectivity index (χ2n) is 7.90. The summed E-state index contributed by atoms with van der Waals surface area (Å²) >= 11 is 0. The molecule has 0 amide bonds. The summed E-state index contributed by atoms with van der Waals surface area (Å²) in [4.78, 5) is 12.1. The molecule has 31 heavy (non-hydrogen) atoms. The number of aromatic nitrogens is 5. The maximum atomic E-state index is 12.4. The zero-order chi connectivity index (χ0) is 21.6. The molecule has 0 radical (unpaired) electrons. The van der Waals surface area contributed by atoms with Crippen LogP contribution in [0.5, 0.6) is 0 Å². The smallest absolute Gasteiger partial charge is 0.216 e. The second-order valence-corrected chi connectivity index (χ2v) is 10.4. The van der Waals surface area contributed by atoms with Gasteiger partial charge < -0.3 is 10.3 Å². The molecule has 160 valence electrons. The minimum Gasteiger partial charge on any atom is -0.340 e. The summed E-state index contributed by atoms with van der Waals surface area (Å²) in [5, 5.41) is 11.8. The number of sulfonamides is 1. The van der Waals surface area contributed by atoms with Crippen LogP contribution in [0, 0.1) is 0 Å². The summed E-state index contributed by atoms with van der Waals surface area (Å²) in [6.07, 6.45) is 5.92. The SMILES string of the molecule is CC(C)S(=O)(=O)N1CC=C(c2cc3c(Nc4ccc5[nH]ncc5c4)ncnc3[nH]2)CC1. The van der Waals surface area contributed by atoms with Crippen molar-refractivity contribution in [3.05, 3.63) is 48.6 Å². The van der Waals surface area contributed by atoms with E-state index in [0.29, 0.717) is 25.3 Å². The van der Waals surface area contributed by atoms with Crippen LogP contribution < -0.4 is 5.32 Å². The van der Waals surface area contributed by atoms with Gasteiger partial charge in [0.2, 0.25) is 10.0 Å². The monoisotopic (exact) mass is 437 g/mol. The Balaban J connectivity index is 1.43. The van der Waals surface area contributed by atoms with E-state index >= 15 is 0 Å². The Morgan fingerprint density at radius 2 is 2.06 bits per heavy atom. The van der Waals surface area contributed by atoms with Crippen LogP contribution in [-0.2, 0) is 10.0 Å². The van der Waals surface area contributed by atoms with Crippen molar-refractivity contribution in [3.8, 4) is 0 Å². The highest BCUT2D eigenvalue weighted by atomic mass is 32.2. The Morgan fingerprint density at radius 1 is 1.19 bits per heavy atom. The lowest BCUT2D eigenvalue weighted by atomic mass is 10.1. The van der Waals surface area contributed by atoms with Gasteiger partial charge in [0, 0.05) is 29.9 Å². The van der Waals surface area contributed by atoms with Crippen molar-refractivity contribution < 1.29 is 8.42 Å². The number of nitrogens with one attached hydrogen (secondary N) is 3. The standard InChI is InChI=1S/C21H23N7O2S/c1-13(2)31(29,30)28-7-5-14(6-8-28)19-10-17-20(22-12-23-21(17)26-19)25-16-3-4-18-15(9-16)11-24-27-18/h3-5,9-13H,6-8H2,1-2H3,(H,24,27)(H2,22,23,25,26). The Morgan fingerprint density at radius 3 is 2.84 bits per heavy atom. The molecule has 4 aromatic rings. The molecule has 0 spiro atoms. The summed E-state index contributed by atoms with van der Waals surface area (Å²) in [5.74, 6) is 0.704. The van der Waals surface area contributed by atoms with Gasteiger partial charge in [-0.05, 0) is 50.1 Å². The van der Waals surface area contributed by atoms with Gasteiger partial charge >= 0.3 is 0 Å². The quantitative estimate of drug-likeness (QED) is 0.440. The number of hydrogen-bond acceptors (Lipinski definition) is 6. The van der Waals surface area contributed by atoms with E-state index in [4.69, 9.17) is 0 Å². The average Bonchev–Trinajstić information content (AvgIpc) is 3.41. The zero-order valence-electron chi connectivity index (χ0n) is 17.3. The van der Waals surface area contributed by atoms with Crippen LogP contribution in [0.2, 0.25) is 0 Å². The molecule has 3 aromatic heterocycles. The largest absolute Gasteiger partial charge is 0.340 e. The van der Waals surface area contributed by atoms with Crippen molar-refractivity contribution in [2.75, 3.05) is 18.4 Å². The van der Waals surface area contributed by atoms with Crippen molar-refractivity contribution in [3.63, 3.8) is 0 Å². The molecule has 3 N–H and O–H groups in total. The lowest BCUT2D eigenvalue weighted by molar-refractivity contribution is 0.435. The highest BCUT2D eigenvalue weighted by Crippen LogP contribution is 2.30. The van der Waals surface area contributed by atoms with Gasteiger partial charge in [0.25, 0.3) is 0 Å². The van der Waals surface area contributed by atoms with Crippen molar-refractivity contribution in [2.24, 2.45) is 0 Å². The molecule has 9 nitrogen and oxygen atoms in total. The highest BCUT2D eigenvalue weighted by Gasteiger charge is 2.27. The Hall–Kier alpha value is -3.24. The molecule has 1 aliphatic heterocycles. The number of nitrogens with zero attached hydrogens (tertiary/aromatic N) is 4. The molecule has 0 saturated heterocycles. The van der Waals surface area contributed by atoms with Gasteiger partial charge in [0.15, 0.2) is 0 Å². The van der Waals surface area contributed by atoms with E-state index in [0.717, 1.165) is 38.9 Å². The van der Waals surface area contributed by atoms with Crippen LogP contribution in [0.1, 0.15) is 26.0 Å². The van der Waals surface area contributed by atoms with E-state index in [1.807, 2.05) is 30.3 Å². The summed E-state index contributed by atoms with van der Waals surface area (Å²) in [5.41, 5.74) is 4.63. The van der Waals surface area contributed by atoms with Crippen molar-refractivity contribution >= 4 is 49.0 Å². The van der Waals surface area contributed by atoms with Crippen molar-refractivity contribution in [2.45, 2.75) is 25.5 Å². The topological polar surface area (TPSA) is 120 Å². The summed E-state index contributed by atoms with van der Waals surface area (Å²) in [7, 11) is -3.24. The Kier molecular flexibility index (Phi) is 4.75. The maximum Gasteiger partial charge on any atom is 0.216 e. The number of hydrogen-bond donors (Lipinski definition) is 3. The van der Waals surface area contributed by atoms with Gasteiger partial charge in [-0.15, -0.1) is 0 Å². The number of benzene rings is 1. The van der Waals surface area contributed by atoms with E-state index in [1.165, 1.54) is 6.33 Å². The lowest BCUT2D eigenvalue weighted by Crippen LogP contribution is -2.39. The number of rotatable bonds is 5. The van der Waals surface area contributed by atoms with E-state index in [2.05, 4.69) is 30.5 Å². The molecule has 0 bridgehead atoms. The molecule has 1 aromatic carbocycles. The van der Waals surface area contributed by atoms with Gasteiger partial charge in [-0.2, -0.15) is 9.40 Å². The van der Waals surface area contributed by atoms with Crippen molar-refractivity contribution in [1.82, 2.24) is 29.5 Å². The minimum atomic E-state index is -3.24. The molecule has 5 rings (SSSR count). The first-order chi connectivity index (χ1) is 14.9. The first-order valence-electron chi connectivity index (χ1n) is 10.1. The Labute approximate surface area is 179 Å². The fraction of sp³-hybridized carbons (Fsp3) is 0.286. The van der Waals surface area contributed by atoms with Gasteiger partial charge in [0.1, 0.15) is 17.8 Å². The fourth-order valence-corrected chi connectivity index (χ4v) is 5.02. The second kappa shape index (κ2) is 7.47. The normalized spacial score (nSPS) is 15.6. The predicted octanol–water partition coefficient (Wildman–Crippen LogP) is 3.41. The fourth-order valence-electron chi connectivity index (χ4n) is 3.79. The van der Waals surface area contributed by atoms with Gasteiger partial charge in [-0.3, -0.25) is 5.10 Å². The molecule has 0 atom stereocenters. The van der Waals surface area contributed by atoms with Gasteiger partial charge in [-0.25, -0.2) is 18.4 Å². The minimum absolute atomic E-state index is 0.382. The first kappa shape index (κ1) is 19.7. The summed E-state index contributed by atoms with van der Waals surface area (Å²) < 4.78 is 26.4. The van der Waals surface area contributed by atoms with Gasteiger partial charge in [-0.1, -0.05) is 6.08 Å². The molecular weight excluding hydrogens is 414 g/mol. The van der Waals surface area contributed by atoms with Crippen LogP contribution in [0.4, 0.5) is 11.5 Å². The van der Waals surface area contributed by atoms with E-state index in [-0.39, 0.29) is 0 Å². The van der Waals surface area contributed by atoms with E-state index in [1.54, 1.807) is 24.3 Å². The predicted molar refractivity (Wildman–Crippen MR) is 121 cm³/mol. The van der Waals surface area contributed by atoms with Crippen LogP contribution in [0.3, 0.4) is 0 Å². The molecule has 0 unspecified atom stereocenters. The number of aromatic amines is 2. The van der Waals surface area contributed by atoms with Crippen LogP contribution in [-0.4, -0.2) is 56.2 Å². The lowest BCUT2D eigenvalue weighted by Gasteiger charge is -2.27. The molecule has 1 aliphatic rings. The third-order valence-electron chi connectivity index (χ3n) is 5.60. The number of fused-ring (bicyclic) bond motifs is 2. The summed E-state index contributed by atoms with van der Waals surface area (Å²) in [6, 6.07) is 7.96. The van der Waals surface area contributed by atoms with Crippen LogP contribution >= 0.6 is 0 Å². The van der Waals surface area contributed by atoms with Crippen LogP contribution in [0.15, 0.2) is 42.9 Å². The molecule has 4 heterocycles. The van der Waals surface area contributed by atoms with Crippen LogP contribution in [0.25, 0.3) is 27.5 Å². The highest BCUT2D eigenvalue weighted by molar-refractivity contribution is 7.89. The van der Waals surface area contributed by atoms with E-state index < -0.39 is 15.3 Å². The molecule has 0 aliphatic carbocycles. The average molecular weight is 438 g/mol. The van der Waals surface area contributed by atoms with Gasteiger partial charge in [0.05, 0.1) is 22.3 Å². The summed E-state index contributed by atoms with van der Waals surface area (Å²) in [6.45, 7) is 4.28.